The number of aromatic nitrogens is 1. The first-order chi connectivity index (χ1) is 13.2. The lowest BCUT2D eigenvalue weighted by Gasteiger charge is -2.18. The summed E-state index contributed by atoms with van der Waals surface area (Å²) >= 11 is 0. The number of aliphatic imine (C=N–C) groups is 1. The highest BCUT2D eigenvalue weighted by molar-refractivity contribution is 6.09. The number of hydrogen-bond acceptors (Lipinski definition) is 4. The summed E-state index contributed by atoms with van der Waals surface area (Å²) < 4.78 is 16.7. The minimum Gasteiger partial charge on any atom is -0.355 e. The average Bonchev–Trinajstić information content (AvgIpc) is 2.65. The van der Waals surface area contributed by atoms with Gasteiger partial charge in [0, 0.05) is 45.9 Å². The smallest absolute Gasteiger partial charge is 0.256 e. The predicted molar refractivity (Wildman–Crippen MR) is 106 cm³/mol. The fraction of sp³-hybridized carbons (Fsp3) is 0.263. The van der Waals surface area contributed by atoms with Crippen LogP contribution in [0.25, 0.3) is 11.1 Å². The van der Waals surface area contributed by atoms with Crippen molar-refractivity contribution in [2.75, 3.05) is 19.4 Å². The number of aryl methyl sites for hydroxylation is 2. The number of anilines is 1. The van der Waals surface area contributed by atoms with E-state index < -0.39 is 11.7 Å². The van der Waals surface area contributed by atoms with E-state index in [1.807, 2.05) is 0 Å². The number of halogens is 1. The van der Waals surface area contributed by atoms with E-state index in [2.05, 4.69) is 20.9 Å². The summed E-state index contributed by atoms with van der Waals surface area (Å²) in [6.07, 6.45) is 1.52. The molecule has 0 aliphatic rings. The van der Waals surface area contributed by atoms with E-state index in [-0.39, 0.29) is 34.2 Å². The van der Waals surface area contributed by atoms with Crippen LogP contribution < -0.4 is 21.5 Å². The van der Waals surface area contributed by atoms with Crippen LogP contribution in [0, 0.1) is 12.7 Å². The third-order valence-electron chi connectivity index (χ3n) is 4.09. The number of nitrogens with zero attached hydrogens (tertiary/aromatic N) is 2. The van der Waals surface area contributed by atoms with Crippen molar-refractivity contribution in [3.05, 3.63) is 51.7 Å². The number of pyridine rings is 1. The monoisotopic (exact) mass is 387 g/mol. The molecule has 9 heteroatoms. The molecule has 2 amide bonds. The van der Waals surface area contributed by atoms with Crippen LogP contribution in [-0.2, 0) is 11.8 Å². The summed E-state index contributed by atoms with van der Waals surface area (Å²) in [5, 5.41) is 7.68. The highest BCUT2D eigenvalue weighted by atomic mass is 19.1. The summed E-state index contributed by atoms with van der Waals surface area (Å²) in [6.45, 7) is 2.98. The molecule has 0 saturated carbocycles. The van der Waals surface area contributed by atoms with Crippen molar-refractivity contribution in [1.29, 1.82) is 0 Å². The highest BCUT2D eigenvalue weighted by Crippen LogP contribution is 2.32. The maximum absolute atomic E-state index is 15.3. The van der Waals surface area contributed by atoms with Gasteiger partial charge in [-0.05, 0) is 30.2 Å². The molecule has 0 spiro atoms. The van der Waals surface area contributed by atoms with Crippen molar-refractivity contribution in [2.45, 2.75) is 13.8 Å². The molecule has 0 saturated heterocycles. The summed E-state index contributed by atoms with van der Waals surface area (Å²) in [6, 6.07) is 4.42. The quantitative estimate of drug-likeness (QED) is 0.547. The zero-order valence-corrected chi connectivity index (χ0v) is 16.3. The van der Waals surface area contributed by atoms with Crippen LogP contribution >= 0.6 is 0 Å². The Balaban J connectivity index is 2.69. The lowest BCUT2D eigenvalue weighted by atomic mass is 9.97. The van der Waals surface area contributed by atoms with Crippen molar-refractivity contribution in [1.82, 2.24) is 15.2 Å². The van der Waals surface area contributed by atoms with Crippen molar-refractivity contribution in [3.8, 4) is 11.1 Å². The van der Waals surface area contributed by atoms with Gasteiger partial charge in [-0.2, -0.15) is 0 Å². The number of amides is 2. The number of benzene rings is 1. The molecule has 0 aliphatic carbocycles. The molecule has 0 unspecified atom stereocenters. The minimum atomic E-state index is -0.793. The molecule has 1 aromatic carbocycles. The van der Waals surface area contributed by atoms with E-state index in [0.717, 1.165) is 0 Å². The second-order valence-corrected chi connectivity index (χ2v) is 6.13. The maximum Gasteiger partial charge on any atom is 0.256 e. The SMILES string of the molecule is CN=C(NC(C)=O)Nc1c(C)cc(-c2ccn(C)c(=O)c2)c(F)c1C(=O)NC. The molecule has 2 rings (SSSR count). The first-order valence-electron chi connectivity index (χ1n) is 8.43. The Bertz CT molecular complexity index is 1030. The Labute approximate surface area is 161 Å². The topological polar surface area (TPSA) is 105 Å². The molecule has 148 valence electrons. The number of hydrogen-bond donors (Lipinski definition) is 3. The van der Waals surface area contributed by atoms with Gasteiger partial charge in [0.15, 0.2) is 0 Å². The van der Waals surface area contributed by atoms with Gasteiger partial charge in [0.05, 0.1) is 11.3 Å². The number of guanidine groups is 1. The molecule has 0 bridgehead atoms. The van der Waals surface area contributed by atoms with E-state index >= 15 is 4.39 Å². The Kier molecular flexibility index (Phi) is 6.29. The third kappa shape index (κ3) is 4.25. The first-order valence-corrected chi connectivity index (χ1v) is 8.43. The van der Waals surface area contributed by atoms with E-state index in [1.165, 1.54) is 43.9 Å². The molecule has 2 aromatic rings. The molecular weight excluding hydrogens is 365 g/mol. The lowest BCUT2D eigenvalue weighted by Crippen LogP contribution is -2.35. The van der Waals surface area contributed by atoms with Crippen LogP contribution in [0.5, 0.6) is 0 Å². The normalized spacial score (nSPS) is 11.1. The maximum atomic E-state index is 15.3. The van der Waals surface area contributed by atoms with Crippen molar-refractivity contribution < 1.29 is 14.0 Å². The first kappa shape index (κ1) is 20.8. The van der Waals surface area contributed by atoms with Crippen LogP contribution in [0.2, 0.25) is 0 Å². The van der Waals surface area contributed by atoms with Crippen molar-refractivity contribution >= 4 is 23.5 Å². The minimum absolute atomic E-state index is 0.0708. The van der Waals surface area contributed by atoms with Gasteiger partial charge in [0.25, 0.3) is 11.5 Å². The van der Waals surface area contributed by atoms with Crippen LogP contribution in [-0.4, -0.2) is 36.4 Å². The molecule has 1 aromatic heterocycles. The Morgan fingerprint density at radius 2 is 1.93 bits per heavy atom. The van der Waals surface area contributed by atoms with Gasteiger partial charge in [-0.1, -0.05) is 0 Å². The number of carbonyl (C=O) groups excluding carboxylic acids is 2. The average molecular weight is 387 g/mol. The molecule has 0 atom stereocenters. The number of rotatable bonds is 3. The molecule has 8 nitrogen and oxygen atoms in total. The van der Waals surface area contributed by atoms with Crippen LogP contribution in [0.15, 0.2) is 34.2 Å². The van der Waals surface area contributed by atoms with Crippen molar-refractivity contribution in [3.63, 3.8) is 0 Å². The molecule has 0 fully saturated rings. The van der Waals surface area contributed by atoms with Gasteiger partial charge in [0.2, 0.25) is 11.9 Å². The zero-order chi connectivity index (χ0) is 21.0. The van der Waals surface area contributed by atoms with Crippen molar-refractivity contribution in [2.24, 2.45) is 12.0 Å². The van der Waals surface area contributed by atoms with Crippen LogP contribution in [0.4, 0.5) is 10.1 Å². The van der Waals surface area contributed by atoms with E-state index in [0.29, 0.717) is 11.1 Å². The van der Waals surface area contributed by atoms with Gasteiger partial charge in [0.1, 0.15) is 5.82 Å². The largest absolute Gasteiger partial charge is 0.355 e. The fourth-order valence-electron chi connectivity index (χ4n) is 2.65. The highest BCUT2D eigenvalue weighted by Gasteiger charge is 2.23. The Morgan fingerprint density at radius 3 is 2.46 bits per heavy atom. The molecule has 0 radical (unpaired) electrons. The van der Waals surface area contributed by atoms with E-state index in [4.69, 9.17) is 0 Å². The van der Waals surface area contributed by atoms with Crippen LogP contribution in [0.3, 0.4) is 0 Å². The van der Waals surface area contributed by atoms with E-state index in [9.17, 15) is 14.4 Å². The zero-order valence-electron chi connectivity index (χ0n) is 16.3. The van der Waals surface area contributed by atoms with Gasteiger partial charge in [-0.25, -0.2) is 4.39 Å². The van der Waals surface area contributed by atoms with Gasteiger partial charge in [-0.15, -0.1) is 0 Å². The van der Waals surface area contributed by atoms with Crippen LogP contribution in [0.1, 0.15) is 22.8 Å². The molecular formula is C19H22FN5O3. The molecule has 28 heavy (non-hydrogen) atoms. The molecule has 1 heterocycles. The summed E-state index contributed by atoms with van der Waals surface area (Å²) in [5.74, 6) is -1.75. The van der Waals surface area contributed by atoms with Gasteiger partial charge >= 0.3 is 0 Å². The fourth-order valence-corrected chi connectivity index (χ4v) is 2.65. The molecule has 3 N–H and O–H groups in total. The van der Waals surface area contributed by atoms with E-state index in [1.54, 1.807) is 20.0 Å². The standard InChI is InChI=1S/C19H22FN5O3/c1-10-8-13(12-6-7-25(5)14(27)9-12)16(20)15(18(28)21-3)17(10)24-19(22-4)23-11(2)26/h6-9H,1-5H3,(H,21,28)(H2,22,23,24,26). The van der Waals surface area contributed by atoms with Gasteiger partial charge in [-0.3, -0.25) is 24.7 Å². The Hall–Kier alpha value is -3.49. The lowest BCUT2D eigenvalue weighted by molar-refractivity contribution is -0.117. The summed E-state index contributed by atoms with van der Waals surface area (Å²) in [5.41, 5.74) is 0.621. The summed E-state index contributed by atoms with van der Waals surface area (Å²) in [7, 11) is 4.41. The summed E-state index contributed by atoms with van der Waals surface area (Å²) in [4.78, 5) is 39.6. The molecule has 0 aliphatic heterocycles. The Morgan fingerprint density at radius 1 is 1.25 bits per heavy atom. The second kappa shape index (κ2) is 8.47. The number of carbonyl (C=O) groups is 2. The predicted octanol–water partition coefficient (Wildman–Crippen LogP) is 1.39. The van der Waals surface area contributed by atoms with Gasteiger partial charge < -0.3 is 15.2 Å². The second-order valence-electron chi connectivity index (χ2n) is 6.13. The number of nitrogens with one attached hydrogen (secondary N) is 3. The third-order valence-corrected chi connectivity index (χ3v) is 4.09.